The van der Waals surface area contributed by atoms with Gasteiger partial charge in [-0.2, -0.15) is 5.10 Å². The molecule has 31 heavy (non-hydrogen) atoms. The summed E-state index contributed by atoms with van der Waals surface area (Å²) in [6, 6.07) is 12.7. The van der Waals surface area contributed by atoms with Crippen molar-refractivity contribution in [2.75, 3.05) is 5.32 Å². The van der Waals surface area contributed by atoms with Gasteiger partial charge in [-0.05, 0) is 68.3 Å². The minimum absolute atomic E-state index is 0.0817. The summed E-state index contributed by atoms with van der Waals surface area (Å²) in [6.07, 6.45) is 2.14. The molecule has 1 aromatic heterocycles. The summed E-state index contributed by atoms with van der Waals surface area (Å²) < 4.78 is 5.87. The van der Waals surface area contributed by atoms with Crippen molar-refractivity contribution in [1.29, 1.82) is 0 Å². The first-order valence-electron chi connectivity index (χ1n) is 9.78. The van der Waals surface area contributed by atoms with Crippen molar-refractivity contribution in [3.8, 4) is 5.75 Å². The van der Waals surface area contributed by atoms with Crippen molar-refractivity contribution in [2.24, 2.45) is 5.10 Å². The molecule has 1 aliphatic rings. The number of carbonyl (C=O) groups is 2. The van der Waals surface area contributed by atoms with Crippen LogP contribution in [0.4, 0.5) is 5.69 Å². The van der Waals surface area contributed by atoms with Crippen molar-refractivity contribution < 1.29 is 19.1 Å². The molecule has 0 spiro atoms. The molecule has 0 saturated carbocycles. The quantitative estimate of drug-likeness (QED) is 0.516. The third-order valence-corrected chi connectivity index (χ3v) is 5.31. The number of hydrazone groups is 1. The first kappa shape index (κ1) is 20.7. The predicted molar refractivity (Wildman–Crippen MR) is 118 cm³/mol. The summed E-state index contributed by atoms with van der Waals surface area (Å²) in [5, 5.41) is 17.0. The molecule has 8 heteroatoms. The summed E-state index contributed by atoms with van der Waals surface area (Å²) in [5.74, 6) is 0.239. The van der Waals surface area contributed by atoms with Gasteiger partial charge in [-0.1, -0.05) is 11.6 Å². The molecule has 0 fully saturated rings. The molecule has 0 saturated heterocycles. The van der Waals surface area contributed by atoms with Crippen LogP contribution in [0.1, 0.15) is 50.6 Å². The summed E-state index contributed by atoms with van der Waals surface area (Å²) in [6.45, 7) is 1.81. The highest BCUT2D eigenvalue weighted by molar-refractivity contribution is 6.30. The van der Waals surface area contributed by atoms with E-state index < -0.39 is 0 Å². The van der Waals surface area contributed by atoms with Gasteiger partial charge in [0.25, 0.3) is 11.8 Å². The molecule has 0 atom stereocenters. The molecule has 0 unspecified atom stereocenters. The monoisotopic (exact) mass is 437 g/mol. The molecule has 1 aliphatic carbocycles. The number of amides is 2. The van der Waals surface area contributed by atoms with E-state index in [1.165, 1.54) is 24.3 Å². The molecule has 0 bridgehead atoms. The molecule has 0 radical (unpaired) electrons. The molecule has 7 nitrogen and oxygen atoms in total. The molecule has 3 N–H and O–H groups in total. The first-order valence-corrected chi connectivity index (χ1v) is 10.2. The number of carbonyl (C=O) groups excluding carboxylic acids is 2. The maximum Gasteiger partial charge on any atom is 0.291 e. The second-order valence-electron chi connectivity index (χ2n) is 7.22. The van der Waals surface area contributed by atoms with Crippen LogP contribution >= 0.6 is 11.6 Å². The van der Waals surface area contributed by atoms with E-state index in [4.69, 9.17) is 16.0 Å². The molecule has 0 aliphatic heterocycles. The van der Waals surface area contributed by atoms with Gasteiger partial charge < -0.3 is 14.8 Å². The largest absolute Gasteiger partial charge is 0.508 e. The van der Waals surface area contributed by atoms with Crippen LogP contribution in [-0.4, -0.2) is 22.6 Å². The van der Waals surface area contributed by atoms with Gasteiger partial charge in [0.2, 0.25) is 0 Å². The number of aromatic hydroxyl groups is 1. The number of benzene rings is 2. The van der Waals surface area contributed by atoms with Crippen LogP contribution < -0.4 is 10.7 Å². The number of furan rings is 1. The summed E-state index contributed by atoms with van der Waals surface area (Å²) in [4.78, 5) is 25.1. The van der Waals surface area contributed by atoms with E-state index >= 15 is 0 Å². The number of rotatable bonds is 4. The molecule has 158 valence electrons. The van der Waals surface area contributed by atoms with Crippen LogP contribution in [0.5, 0.6) is 5.75 Å². The summed E-state index contributed by atoms with van der Waals surface area (Å²) >= 11 is 5.89. The first-order chi connectivity index (χ1) is 14.9. The van der Waals surface area contributed by atoms with Gasteiger partial charge in [0.05, 0.1) is 5.71 Å². The Balaban J connectivity index is 1.55. The smallest absolute Gasteiger partial charge is 0.291 e. The number of phenolic OH excluding ortho intramolecular Hbond substituents is 1. The zero-order chi connectivity index (χ0) is 22.0. The van der Waals surface area contributed by atoms with Crippen molar-refractivity contribution in [1.82, 2.24) is 5.43 Å². The van der Waals surface area contributed by atoms with Gasteiger partial charge in [0.15, 0.2) is 5.76 Å². The van der Waals surface area contributed by atoms with E-state index in [0.717, 1.165) is 12.0 Å². The Morgan fingerprint density at radius 2 is 1.74 bits per heavy atom. The molecular formula is C23H20ClN3O4. The molecule has 3 aromatic rings. The Hall–Kier alpha value is -3.58. The number of fused-ring (bicyclic) bond motifs is 1. The van der Waals surface area contributed by atoms with Gasteiger partial charge in [-0.25, -0.2) is 5.43 Å². The fourth-order valence-electron chi connectivity index (χ4n) is 3.51. The molecule has 4 rings (SSSR count). The van der Waals surface area contributed by atoms with Gasteiger partial charge >= 0.3 is 0 Å². The van der Waals surface area contributed by atoms with Crippen molar-refractivity contribution >= 4 is 34.8 Å². The minimum atomic E-state index is -0.388. The molecular weight excluding hydrogens is 418 g/mol. The van der Waals surface area contributed by atoms with E-state index in [0.29, 0.717) is 46.2 Å². The van der Waals surface area contributed by atoms with Gasteiger partial charge in [-0.15, -0.1) is 0 Å². The second kappa shape index (κ2) is 8.65. The third-order valence-electron chi connectivity index (χ3n) is 5.06. The zero-order valence-electron chi connectivity index (χ0n) is 16.7. The highest BCUT2D eigenvalue weighted by atomic mass is 35.5. The van der Waals surface area contributed by atoms with Crippen molar-refractivity contribution in [2.45, 2.75) is 26.2 Å². The topological polar surface area (TPSA) is 104 Å². The van der Waals surface area contributed by atoms with E-state index in [9.17, 15) is 14.7 Å². The fraction of sp³-hybridized carbons (Fsp3) is 0.174. The second-order valence-corrected chi connectivity index (χ2v) is 7.65. The third kappa shape index (κ3) is 4.46. The van der Waals surface area contributed by atoms with Crippen LogP contribution in [0.2, 0.25) is 5.02 Å². The number of nitrogens with one attached hydrogen (secondary N) is 2. The molecule has 2 amide bonds. The Kier molecular flexibility index (Phi) is 5.77. The van der Waals surface area contributed by atoms with Crippen LogP contribution in [-0.2, 0) is 6.42 Å². The summed E-state index contributed by atoms with van der Waals surface area (Å²) in [7, 11) is 0. The Morgan fingerprint density at radius 1 is 1.03 bits per heavy atom. The Labute approximate surface area is 183 Å². The maximum absolute atomic E-state index is 12.8. The molecule has 1 heterocycles. The standard InChI is InChI=1S/C23H20ClN3O4/c1-13-20-18(26-27-22(29)14-5-11-17(28)12-6-14)3-2-4-19(20)31-21(13)23(30)25-16-9-7-15(24)8-10-16/h5-12,28H,2-4H2,1H3,(H,25,30)(H,27,29)/b26-18+. The minimum Gasteiger partial charge on any atom is -0.508 e. The number of nitrogens with zero attached hydrogens (tertiary/aromatic N) is 1. The highest BCUT2D eigenvalue weighted by Gasteiger charge is 2.28. The average molecular weight is 438 g/mol. The normalized spacial score (nSPS) is 14.2. The van der Waals surface area contributed by atoms with E-state index in [1.54, 1.807) is 24.3 Å². The number of halogens is 1. The number of hydrogen-bond donors (Lipinski definition) is 3. The van der Waals surface area contributed by atoms with E-state index in [2.05, 4.69) is 15.8 Å². The maximum atomic E-state index is 12.8. The lowest BCUT2D eigenvalue weighted by Crippen LogP contribution is -2.22. The number of hydrogen-bond acceptors (Lipinski definition) is 5. The van der Waals surface area contributed by atoms with Crippen molar-refractivity contribution in [3.63, 3.8) is 0 Å². The Morgan fingerprint density at radius 3 is 2.45 bits per heavy atom. The van der Waals surface area contributed by atoms with E-state index in [1.807, 2.05) is 6.92 Å². The van der Waals surface area contributed by atoms with Crippen LogP contribution in [0.25, 0.3) is 0 Å². The van der Waals surface area contributed by atoms with Gasteiger partial charge in [0, 0.05) is 33.8 Å². The SMILES string of the molecule is Cc1c(C(=O)Nc2ccc(Cl)cc2)oc2c1/C(=N/NC(=O)c1ccc(O)cc1)CCC2. The van der Waals surface area contributed by atoms with Crippen LogP contribution in [0, 0.1) is 6.92 Å². The lowest BCUT2D eigenvalue weighted by atomic mass is 9.93. The predicted octanol–water partition coefficient (Wildman–Crippen LogP) is 4.67. The summed E-state index contributed by atoms with van der Waals surface area (Å²) in [5.41, 5.74) is 5.65. The Bertz CT molecular complexity index is 1160. The average Bonchev–Trinajstić information content (AvgIpc) is 3.11. The van der Waals surface area contributed by atoms with Crippen LogP contribution in [0.15, 0.2) is 58.0 Å². The van der Waals surface area contributed by atoms with Crippen LogP contribution in [0.3, 0.4) is 0 Å². The highest BCUT2D eigenvalue weighted by Crippen LogP contribution is 2.30. The number of anilines is 1. The zero-order valence-corrected chi connectivity index (χ0v) is 17.5. The lowest BCUT2D eigenvalue weighted by molar-refractivity contribution is 0.0953. The van der Waals surface area contributed by atoms with E-state index in [-0.39, 0.29) is 23.3 Å². The van der Waals surface area contributed by atoms with Crippen molar-refractivity contribution in [3.05, 3.63) is 81.8 Å². The lowest BCUT2D eigenvalue weighted by Gasteiger charge is -2.13. The van der Waals surface area contributed by atoms with Gasteiger partial charge in [0.1, 0.15) is 11.5 Å². The fourth-order valence-corrected chi connectivity index (χ4v) is 3.64. The number of aryl methyl sites for hydroxylation is 1. The van der Waals surface area contributed by atoms with Gasteiger partial charge in [-0.3, -0.25) is 9.59 Å². The molecule has 2 aromatic carbocycles. The number of phenols is 1.